The van der Waals surface area contributed by atoms with Gasteiger partial charge in [-0.2, -0.15) is 10.2 Å². The molecule has 1 amide bonds. The minimum Gasteiger partial charge on any atom is -0.353 e. The summed E-state index contributed by atoms with van der Waals surface area (Å²) in [5.74, 6) is -0.0649. The van der Waals surface area contributed by atoms with Gasteiger partial charge >= 0.3 is 0 Å². The summed E-state index contributed by atoms with van der Waals surface area (Å²) in [4.78, 5) is 11.7. The van der Waals surface area contributed by atoms with Crippen LogP contribution in [0.25, 0.3) is 0 Å². The van der Waals surface area contributed by atoms with Crippen LogP contribution >= 0.6 is 31.9 Å². The van der Waals surface area contributed by atoms with E-state index in [9.17, 15) is 4.79 Å². The summed E-state index contributed by atoms with van der Waals surface area (Å²) in [5.41, 5.74) is 0.936. The first-order valence-corrected chi connectivity index (χ1v) is 7.27. The predicted molar refractivity (Wildman–Crippen MR) is 77.6 cm³/mol. The summed E-state index contributed by atoms with van der Waals surface area (Å²) in [7, 11) is 0. The van der Waals surface area contributed by atoms with Crippen molar-refractivity contribution in [1.29, 1.82) is 0 Å². The second-order valence-corrected chi connectivity index (χ2v) is 5.78. The van der Waals surface area contributed by atoms with Crippen LogP contribution in [0.4, 0.5) is 0 Å². The third kappa shape index (κ3) is 3.90. The van der Waals surface area contributed by atoms with Crippen LogP contribution < -0.4 is 5.32 Å². The van der Waals surface area contributed by atoms with Gasteiger partial charge < -0.3 is 5.32 Å². The number of halogens is 2. The van der Waals surface area contributed by atoms with Crippen molar-refractivity contribution in [3.05, 3.63) is 33.2 Å². The Morgan fingerprint density at radius 2 is 2.16 bits per heavy atom. The molecule has 2 aromatic heterocycles. The van der Waals surface area contributed by atoms with Gasteiger partial charge in [0.2, 0.25) is 5.91 Å². The maximum absolute atomic E-state index is 11.7. The summed E-state index contributed by atoms with van der Waals surface area (Å²) in [6.07, 6.45) is 5.26. The molecule has 0 fully saturated rings. The molecule has 1 N–H and O–H groups in total. The van der Waals surface area contributed by atoms with Crippen LogP contribution in [0.5, 0.6) is 0 Å². The number of nitrogens with zero attached hydrogens (tertiary/aromatic N) is 4. The minimum atomic E-state index is -0.0649. The molecule has 0 saturated heterocycles. The van der Waals surface area contributed by atoms with Gasteiger partial charge in [0, 0.05) is 12.7 Å². The molecule has 0 unspecified atom stereocenters. The molecule has 0 bridgehead atoms. The van der Waals surface area contributed by atoms with Gasteiger partial charge in [-0.15, -0.1) is 0 Å². The molecule has 0 spiro atoms. The lowest BCUT2D eigenvalue weighted by Gasteiger charge is -2.07. The molecule has 0 aliphatic rings. The van der Waals surface area contributed by atoms with Crippen LogP contribution in [0, 0.1) is 6.92 Å². The highest BCUT2D eigenvalue weighted by Crippen LogP contribution is 2.13. The predicted octanol–water partition coefficient (Wildman–Crippen LogP) is 1.73. The van der Waals surface area contributed by atoms with E-state index in [0.29, 0.717) is 13.1 Å². The van der Waals surface area contributed by atoms with Gasteiger partial charge in [0.25, 0.3) is 0 Å². The Labute approximate surface area is 127 Å². The number of rotatable bonds is 5. The molecule has 0 saturated carbocycles. The number of nitrogens with one attached hydrogen (secondary N) is 1. The largest absolute Gasteiger partial charge is 0.353 e. The van der Waals surface area contributed by atoms with Crippen molar-refractivity contribution < 1.29 is 4.79 Å². The van der Waals surface area contributed by atoms with Crippen molar-refractivity contribution in [3.63, 3.8) is 0 Å². The van der Waals surface area contributed by atoms with E-state index in [1.165, 1.54) is 0 Å². The fourth-order valence-electron chi connectivity index (χ4n) is 1.55. The lowest BCUT2D eigenvalue weighted by atomic mass is 10.4. The molecular weight excluding hydrogens is 378 g/mol. The van der Waals surface area contributed by atoms with Gasteiger partial charge in [-0.3, -0.25) is 14.2 Å². The minimum absolute atomic E-state index is 0.0649. The van der Waals surface area contributed by atoms with Crippen LogP contribution in [-0.4, -0.2) is 32.0 Å². The fourth-order valence-corrected chi connectivity index (χ4v) is 2.17. The SMILES string of the molecule is Cc1c(Br)cnn1CC(=O)NCCn1cc(Br)cn1. The van der Waals surface area contributed by atoms with Crippen molar-refractivity contribution in [1.82, 2.24) is 24.9 Å². The molecule has 0 aliphatic heterocycles. The van der Waals surface area contributed by atoms with Crippen molar-refractivity contribution in [2.24, 2.45) is 0 Å². The van der Waals surface area contributed by atoms with Gasteiger partial charge in [-0.1, -0.05) is 0 Å². The molecular formula is C11H13Br2N5O. The molecule has 2 rings (SSSR count). The average Bonchev–Trinajstić information content (AvgIpc) is 2.90. The summed E-state index contributed by atoms with van der Waals surface area (Å²) in [6.45, 7) is 3.30. The second kappa shape index (κ2) is 6.33. The number of amides is 1. The highest BCUT2D eigenvalue weighted by molar-refractivity contribution is 9.10. The highest BCUT2D eigenvalue weighted by atomic mass is 79.9. The number of carbonyl (C=O) groups is 1. The third-order valence-corrected chi connectivity index (χ3v) is 3.79. The van der Waals surface area contributed by atoms with Crippen molar-refractivity contribution >= 4 is 37.8 Å². The Balaban J connectivity index is 1.77. The van der Waals surface area contributed by atoms with E-state index < -0.39 is 0 Å². The molecule has 0 aliphatic carbocycles. The normalized spacial score (nSPS) is 10.7. The Morgan fingerprint density at radius 1 is 1.37 bits per heavy atom. The third-order valence-electron chi connectivity index (χ3n) is 2.60. The Hall–Kier alpha value is -1.15. The summed E-state index contributed by atoms with van der Waals surface area (Å²) in [6, 6.07) is 0. The van der Waals surface area contributed by atoms with Gasteiger partial charge in [-0.25, -0.2) is 0 Å². The zero-order chi connectivity index (χ0) is 13.8. The first-order valence-electron chi connectivity index (χ1n) is 5.69. The fraction of sp³-hybridized carbons (Fsp3) is 0.364. The van der Waals surface area contributed by atoms with E-state index in [4.69, 9.17) is 0 Å². The summed E-state index contributed by atoms with van der Waals surface area (Å²) in [5, 5.41) is 11.1. The van der Waals surface area contributed by atoms with Crippen molar-refractivity contribution in [2.45, 2.75) is 20.0 Å². The van der Waals surface area contributed by atoms with E-state index in [2.05, 4.69) is 47.4 Å². The first kappa shape index (κ1) is 14.3. The smallest absolute Gasteiger partial charge is 0.241 e. The van der Waals surface area contributed by atoms with Crippen LogP contribution in [0.15, 0.2) is 27.5 Å². The van der Waals surface area contributed by atoms with E-state index in [1.807, 2.05) is 13.1 Å². The maximum atomic E-state index is 11.7. The van der Waals surface area contributed by atoms with E-state index in [0.717, 1.165) is 14.6 Å². The number of hydrogen-bond acceptors (Lipinski definition) is 3. The lowest BCUT2D eigenvalue weighted by molar-refractivity contribution is -0.121. The summed E-state index contributed by atoms with van der Waals surface area (Å²) < 4.78 is 5.25. The molecule has 19 heavy (non-hydrogen) atoms. The molecule has 102 valence electrons. The van der Waals surface area contributed by atoms with Crippen molar-refractivity contribution in [3.8, 4) is 0 Å². The molecule has 2 aromatic rings. The number of hydrogen-bond donors (Lipinski definition) is 1. The van der Waals surface area contributed by atoms with Crippen LogP contribution in [0.2, 0.25) is 0 Å². The molecule has 0 atom stereocenters. The standard InChI is InChI=1S/C11H13Br2N5O/c1-8-10(13)5-16-18(8)7-11(19)14-2-3-17-6-9(12)4-15-17/h4-6H,2-3,7H2,1H3,(H,14,19). The second-order valence-electron chi connectivity index (χ2n) is 4.01. The Morgan fingerprint density at radius 3 is 2.74 bits per heavy atom. The van der Waals surface area contributed by atoms with Crippen LogP contribution in [0.3, 0.4) is 0 Å². The van der Waals surface area contributed by atoms with Gasteiger partial charge in [0.05, 0.1) is 33.6 Å². The topological polar surface area (TPSA) is 64.7 Å². The van der Waals surface area contributed by atoms with E-state index >= 15 is 0 Å². The Bertz CT molecular complexity index is 577. The van der Waals surface area contributed by atoms with Gasteiger partial charge in [0.15, 0.2) is 0 Å². The molecule has 2 heterocycles. The average molecular weight is 391 g/mol. The molecule has 0 radical (unpaired) electrons. The number of aromatic nitrogens is 4. The first-order chi connectivity index (χ1) is 9.06. The number of carbonyl (C=O) groups excluding carboxylic acids is 1. The zero-order valence-electron chi connectivity index (χ0n) is 10.3. The van der Waals surface area contributed by atoms with Crippen molar-refractivity contribution in [2.75, 3.05) is 6.54 Å². The monoisotopic (exact) mass is 389 g/mol. The Kier molecular flexibility index (Phi) is 4.76. The summed E-state index contributed by atoms with van der Waals surface area (Å²) >= 11 is 6.68. The zero-order valence-corrected chi connectivity index (χ0v) is 13.5. The lowest BCUT2D eigenvalue weighted by Crippen LogP contribution is -2.31. The highest BCUT2D eigenvalue weighted by Gasteiger charge is 2.08. The van der Waals surface area contributed by atoms with Gasteiger partial charge in [0.1, 0.15) is 6.54 Å². The molecule has 0 aromatic carbocycles. The molecule has 8 heteroatoms. The molecule has 6 nitrogen and oxygen atoms in total. The van der Waals surface area contributed by atoms with E-state index in [1.54, 1.807) is 21.8 Å². The maximum Gasteiger partial charge on any atom is 0.241 e. The van der Waals surface area contributed by atoms with Crippen LogP contribution in [0.1, 0.15) is 5.69 Å². The quantitative estimate of drug-likeness (QED) is 0.845. The van der Waals surface area contributed by atoms with Crippen LogP contribution in [-0.2, 0) is 17.9 Å². The van der Waals surface area contributed by atoms with Gasteiger partial charge in [-0.05, 0) is 38.8 Å². The van der Waals surface area contributed by atoms with E-state index in [-0.39, 0.29) is 12.5 Å².